The molecule has 0 saturated carbocycles. The molecule has 4 N–H and O–H groups in total. The van der Waals surface area contributed by atoms with Gasteiger partial charge in [0.1, 0.15) is 41.8 Å². The molecule has 23 nitrogen and oxygen atoms in total. The summed E-state index contributed by atoms with van der Waals surface area (Å²) < 4.78 is 117. The van der Waals surface area contributed by atoms with E-state index in [1.807, 2.05) is 12.1 Å². The van der Waals surface area contributed by atoms with Gasteiger partial charge in [-0.25, -0.2) is 38.3 Å². The molecule has 5 aromatic rings. The molecular weight excluding hydrogens is 907 g/mol. The standard InChI is InChI=1S/C35H43BF2N12O11P2S/c36-62(51)56-14-23-30(26(38)35(58-23)49-18-45-27-22(39)5-6-42-32(27)49)61-63(52,64-16-21-3-1-20(2-4-21)13-55-12-11-54-10-9-53-8-7-47-48-41)57-15-24-29(60-62)25(37)34(59-24)50-19-46-28-31(40)43-17-44-33(28)50/h1-6,17-19,23-26,29-30,34-35H,7-16,36H2,(H2,39,42)(H2,40,43,44)/t23-,24-,25-,26-,29-,30-,34-,35-,62+,63+/m1/s1. The summed E-state index contributed by atoms with van der Waals surface area (Å²) in [5.41, 5.74) is 23.0. The van der Waals surface area contributed by atoms with Crippen LogP contribution >= 0.6 is 25.7 Å². The Hall–Kier alpha value is -4.33. The Balaban J connectivity index is 0.984. The highest BCUT2D eigenvalue weighted by Crippen LogP contribution is 2.65. The summed E-state index contributed by atoms with van der Waals surface area (Å²) in [6, 6.07) is 8.81. The normalized spacial score (nSPS) is 29.8. The topological polar surface area (TPSA) is 292 Å². The lowest BCUT2D eigenvalue weighted by Crippen LogP contribution is -2.37. The van der Waals surface area contributed by atoms with E-state index in [9.17, 15) is 9.13 Å². The van der Waals surface area contributed by atoms with Crippen LogP contribution in [0.15, 0.2) is 60.6 Å². The first-order chi connectivity index (χ1) is 30.9. The van der Waals surface area contributed by atoms with Crippen LogP contribution in [0.25, 0.3) is 32.8 Å². The second kappa shape index (κ2) is 20.5. The number of halogens is 2. The summed E-state index contributed by atoms with van der Waals surface area (Å²) >= 11 is 0.767. The number of rotatable bonds is 16. The maximum absolute atomic E-state index is 16.8. The average Bonchev–Trinajstić information content (AvgIpc) is 4.05. The van der Waals surface area contributed by atoms with Crippen LogP contribution in [0.4, 0.5) is 20.3 Å². The van der Waals surface area contributed by atoms with E-state index < -0.39 is 76.7 Å². The molecule has 1 aromatic carbocycles. The Labute approximate surface area is 367 Å². The summed E-state index contributed by atoms with van der Waals surface area (Å²) in [5, 5.41) is 3.39. The van der Waals surface area contributed by atoms with Crippen molar-refractivity contribution < 1.29 is 59.7 Å². The molecule has 0 radical (unpaired) electrons. The summed E-state index contributed by atoms with van der Waals surface area (Å²) in [6.45, 7) is -3.38. The van der Waals surface area contributed by atoms with Gasteiger partial charge in [0.05, 0.1) is 71.2 Å². The molecule has 3 aliphatic heterocycles. The second-order valence-corrected chi connectivity index (χ2v) is 20.6. The van der Waals surface area contributed by atoms with Crippen LogP contribution in [-0.2, 0) is 63.3 Å². The summed E-state index contributed by atoms with van der Waals surface area (Å²) in [5.74, 6) is 0.116. The van der Waals surface area contributed by atoms with Crippen LogP contribution in [0.2, 0.25) is 0 Å². The minimum atomic E-state index is -4.45. The predicted molar refractivity (Wildman–Crippen MR) is 228 cm³/mol. The van der Waals surface area contributed by atoms with Crippen LogP contribution in [0.1, 0.15) is 23.6 Å². The first kappa shape index (κ1) is 46.2. The number of hydrogen-bond acceptors (Lipinski definition) is 20. The fraction of sp³-hybridized carbons (Fsp3) is 0.514. The first-order valence-corrected chi connectivity index (χ1v) is 24.9. The minimum Gasteiger partial charge on any atom is -0.397 e. The third kappa shape index (κ3) is 10.5. The highest BCUT2D eigenvalue weighted by molar-refractivity contribution is 8.54. The Morgan fingerprint density at radius 2 is 1.42 bits per heavy atom. The lowest BCUT2D eigenvalue weighted by Gasteiger charge is -2.30. The van der Waals surface area contributed by atoms with Crippen molar-refractivity contribution in [3.63, 3.8) is 0 Å². The molecule has 29 heteroatoms. The fourth-order valence-corrected chi connectivity index (χ4v) is 11.6. The molecule has 3 aliphatic rings. The van der Waals surface area contributed by atoms with Crippen molar-refractivity contribution in [1.29, 1.82) is 0 Å². The molecular formula is C35H43BF2N12O11P2S. The van der Waals surface area contributed by atoms with E-state index in [1.165, 1.54) is 34.3 Å². The smallest absolute Gasteiger partial charge is 0.389 e. The van der Waals surface area contributed by atoms with Crippen LogP contribution in [0, 0.1) is 0 Å². The van der Waals surface area contributed by atoms with E-state index in [0.29, 0.717) is 56.4 Å². The van der Waals surface area contributed by atoms with Crippen LogP contribution in [-0.4, -0.2) is 131 Å². The summed E-state index contributed by atoms with van der Waals surface area (Å²) in [4.78, 5) is 23.5. The Kier molecular flexibility index (Phi) is 14.8. The number of benzene rings is 1. The van der Waals surface area contributed by atoms with Gasteiger partial charge in [0.2, 0.25) is 0 Å². The van der Waals surface area contributed by atoms with Crippen LogP contribution < -0.4 is 11.5 Å². The fourth-order valence-electron chi connectivity index (χ4n) is 7.09. The molecule has 7 heterocycles. The molecule has 0 unspecified atom stereocenters. The molecule has 10 atom stereocenters. The van der Waals surface area contributed by atoms with Crippen LogP contribution in [0.3, 0.4) is 0 Å². The van der Waals surface area contributed by atoms with E-state index in [1.54, 1.807) is 18.2 Å². The van der Waals surface area contributed by atoms with Crippen molar-refractivity contribution in [2.45, 2.75) is 61.6 Å². The van der Waals surface area contributed by atoms with Gasteiger partial charge in [-0.1, -0.05) is 29.4 Å². The van der Waals surface area contributed by atoms with E-state index >= 15 is 8.78 Å². The van der Waals surface area contributed by atoms with Crippen molar-refractivity contribution >= 4 is 67.1 Å². The first-order valence-electron chi connectivity index (χ1n) is 19.8. The number of ether oxygens (including phenoxy) is 5. The lowest BCUT2D eigenvalue weighted by molar-refractivity contribution is -0.0546. The average molecular weight is 951 g/mol. The zero-order valence-corrected chi connectivity index (χ0v) is 36.7. The van der Waals surface area contributed by atoms with Gasteiger partial charge >= 0.3 is 6.80 Å². The number of aromatic nitrogens is 7. The predicted octanol–water partition coefficient (Wildman–Crippen LogP) is 4.37. The van der Waals surface area contributed by atoms with Crippen molar-refractivity contribution in [3.8, 4) is 0 Å². The van der Waals surface area contributed by atoms with Gasteiger partial charge < -0.3 is 44.2 Å². The van der Waals surface area contributed by atoms with Gasteiger partial charge in [-0.2, -0.15) is 0 Å². The zero-order valence-electron chi connectivity index (χ0n) is 34.1. The number of pyridine rings is 1. The van der Waals surface area contributed by atoms with Gasteiger partial charge in [-0.3, -0.25) is 22.7 Å². The Morgan fingerprint density at radius 3 is 2.12 bits per heavy atom. The van der Waals surface area contributed by atoms with Gasteiger partial charge in [0.15, 0.2) is 41.9 Å². The van der Waals surface area contributed by atoms with E-state index in [0.717, 1.165) is 24.5 Å². The number of azide groups is 1. The molecule has 0 aliphatic carbocycles. The molecule has 4 aromatic heterocycles. The summed E-state index contributed by atoms with van der Waals surface area (Å²) in [6.07, 6.45) is -7.65. The molecule has 3 saturated heterocycles. The van der Waals surface area contributed by atoms with Crippen molar-refractivity contribution in [2.24, 2.45) is 5.11 Å². The largest absolute Gasteiger partial charge is 0.397 e. The maximum Gasteiger partial charge on any atom is 0.389 e. The Bertz CT molecular complexity index is 2550. The molecule has 3 fully saturated rings. The minimum absolute atomic E-state index is 0.0526. The number of nitrogens with two attached hydrogens (primary N) is 2. The van der Waals surface area contributed by atoms with Crippen molar-refractivity contribution in [3.05, 3.63) is 77.1 Å². The molecule has 0 amide bonds. The molecule has 0 spiro atoms. The number of alkyl halides is 2. The number of imidazole rings is 2. The number of anilines is 2. The third-order valence-corrected chi connectivity index (χ3v) is 15.1. The third-order valence-electron chi connectivity index (χ3n) is 10.2. The number of fused-ring (bicyclic) bond motifs is 4. The van der Waals surface area contributed by atoms with Crippen LogP contribution in [0.5, 0.6) is 0 Å². The van der Waals surface area contributed by atoms with Crippen molar-refractivity contribution in [2.75, 3.05) is 64.3 Å². The monoisotopic (exact) mass is 950 g/mol. The number of nitrogen functional groups attached to an aromatic ring is 2. The van der Waals surface area contributed by atoms with Crippen molar-refractivity contribution in [1.82, 2.24) is 34.1 Å². The Morgan fingerprint density at radius 1 is 0.812 bits per heavy atom. The highest BCUT2D eigenvalue weighted by Gasteiger charge is 2.54. The van der Waals surface area contributed by atoms with Gasteiger partial charge in [0.25, 0.3) is 15.0 Å². The van der Waals surface area contributed by atoms with E-state index in [2.05, 4.69) is 34.9 Å². The SMILES string of the molecule is B[P@]1(=O)OC[C@H]2O[C@@H](n3cnc4c(N)ccnc43)[C@H](F)[C@@H]2O[P@@](=O)(SCc2ccc(COCCOCCOCCN=[N+]=[N-])cc2)OC[C@H]2O[C@@H](n3cnc4c(N)ncnc43)[C@H](F)[C@@H]2O1. The van der Waals surface area contributed by atoms with Gasteiger partial charge in [-0.05, 0) is 34.1 Å². The van der Waals surface area contributed by atoms with E-state index in [4.69, 9.17) is 58.8 Å². The molecule has 0 bridgehead atoms. The maximum atomic E-state index is 16.8. The molecule has 64 heavy (non-hydrogen) atoms. The van der Waals surface area contributed by atoms with Gasteiger partial charge in [-0.15, -0.1) is 0 Å². The zero-order chi connectivity index (χ0) is 44.8. The second-order valence-electron chi connectivity index (χ2n) is 14.6. The number of nitrogens with zero attached hydrogens (tertiary/aromatic N) is 10. The molecule has 8 rings (SSSR count). The van der Waals surface area contributed by atoms with E-state index in [-0.39, 0.29) is 34.9 Å². The lowest BCUT2D eigenvalue weighted by atomic mass is 10.1. The molecule has 342 valence electrons. The highest BCUT2D eigenvalue weighted by atomic mass is 32.7. The quantitative estimate of drug-likeness (QED) is 0.0347. The van der Waals surface area contributed by atoms with Gasteiger partial charge in [0, 0.05) is 23.4 Å². The number of hydrogen-bond donors (Lipinski definition) is 2. The summed E-state index contributed by atoms with van der Waals surface area (Å²) in [7, 11) is -3.03.